The molecule has 2 amide bonds. The molecule has 6 heteroatoms. The van der Waals surface area contributed by atoms with Gasteiger partial charge in [-0.2, -0.15) is 0 Å². The van der Waals surface area contributed by atoms with Crippen LogP contribution in [0.25, 0.3) is 0 Å². The molecule has 1 heterocycles. The van der Waals surface area contributed by atoms with E-state index in [9.17, 15) is 9.59 Å². The summed E-state index contributed by atoms with van der Waals surface area (Å²) in [5, 5.41) is 11.7. The van der Waals surface area contributed by atoms with Crippen LogP contribution in [0.4, 0.5) is 5.69 Å². The second-order valence-electron chi connectivity index (χ2n) is 5.09. The average Bonchev–Trinajstić information content (AvgIpc) is 2.50. The predicted octanol–water partition coefficient (Wildman–Crippen LogP) is 2.15. The smallest absolute Gasteiger partial charge is 0.313 e. The normalized spacial score (nSPS) is 18.4. The van der Waals surface area contributed by atoms with Crippen LogP contribution < -0.4 is 5.32 Å². The largest absolute Gasteiger partial charge is 0.396 e. The highest BCUT2D eigenvalue weighted by Crippen LogP contribution is 2.23. The van der Waals surface area contributed by atoms with Crippen molar-refractivity contribution < 1.29 is 14.7 Å². The molecule has 1 fully saturated rings. The van der Waals surface area contributed by atoms with Gasteiger partial charge < -0.3 is 15.3 Å². The topological polar surface area (TPSA) is 69.6 Å². The molecule has 114 valence electrons. The number of carbonyl (C=O) groups excluding carboxylic acids is 2. The van der Waals surface area contributed by atoms with E-state index in [0.717, 1.165) is 23.7 Å². The molecule has 2 rings (SSSR count). The zero-order valence-corrected chi connectivity index (χ0v) is 13.3. The molecule has 0 saturated carbocycles. The second kappa shape index (κ2) is 7.56. The molecular formula is C15H19BrN2O3. The zero-order chi connectivity index (χ0) is 15.2. The summed E-state index contributed by atoms with van der Waals surface area (Å²) in [6.45, 7) is 0.604. The summed E-state index contributed by atoms with van der Waals surface area (Å²) in [7, 11) is 0. The Bertz CT molecular complexity index is 519. The van der Waals surface area contributed by atoms with Crippen molar-refractivity contribution in [2.24, 2.45) is 0 Å². The van der Waals surface area contributed by atoms with Gasteiger partial charge in [0.25, 0.3) is 0 Å². The van der Waals surface area contributed by atoms with Gasteiger partial charge in [-0.25, -0.2) is 0 Å². The van der Waals surface area contributed by atoms with Gasteiger partial charge in [0.1, 0.15) is 0 Å². The van der Waals surface area contributed by atoms with Crippen LogP contribution in [-0.4, -0.2) is 41.0 Å². The van der Waals surface area contributed by atoms with Gasteiger partial charge in [-0.1, -0.05) is 12.1 Å². The fraction of sp³-hybridized carbons (Fsp3) is 0.467. The molecule has 1 unspecified atom stereocenters. The summed E-state index contributed by atoms with van der Waals surface area (Å²) in [5.41, 5.74) is 0.576. The average molecular weight is 355 g/mol. The Morgan fingerprint density at radius 1 is 1.33 bits per heavy atom. The van der Waals surface area contributed by atoms with Crippen molar-refractivity contribution in [2.75, 3.05) is 18.5 Å². The van der Waals surface area contributed by atoms with E-state index in [4.69, 9.17) is 5.11 Å². The number of amides is 2. The number of benzene rings is 1. The molecule has 0 bridgehead atoms. The lowest BCUT2D eigenvalue weighted by atomic mass is 9.99. The van der Waals surface area contributed by atoms with Gasteiger partial charge in [0.2, 0.25) is 0 Å². The van der Waals surface area contributed by atoms with Crippen LogP contribution in [0.3, 0.4) is 0 Å². The highest BCUT2D eigenvalue weighted by atomic mass is 79.9. The van der Waals surface area contributed by atoms with Crippen LogP contribution in [0, 0.1) is 0 Å². The van der Waals surface area contributed by atoms with Crippen molar-refractivity contribution >= 4 is 33.4 Å². The van der Waals surface area contributed by atoms with E-state index in [1.54, 1.807) is 23.1 Å². The number of anilines is 1. The van der Waals surface area contributed by atoms with Crippen LogP contribution in [0.1, 0.15) is 25.7 Å². The molecule has 21 heavy (non-hydrogen) atoms. The Kier molecular flexibility index (Phi) is 5.76. The Labute approximate surface area is 132 Å². The molecule has 2 N–H and O–H groups in total. The monoisotopic (exact) mass is 354 g/mol. The minimum atomic E-state index is -0.633. The molecule has 5 nitrogen and oxygen atoms in total. The van der Waals surface area contributed by atoms with E-state index in [2.05, 4.69) is 21.2 Å². The number of nitrogens with one attached hydrogen (secondary N) is 1. The number of aliphatic hydroxyl groups excluding tert-OH is 1. The summed E-state index contributed by atoms with van der Waals surface area (Å²) in [4.78, 5) is 26.0. The third-order valence-corrected chi connectivity index (χ3v) is 4.36. The fourth-order valence-electron chi connectivity index (χ4n) is 2.59. The summed E-state index contributed by atoms with van der Waals surface area (Å²) in [5.74, 6) is -1.16. The molecule has 0 radical (unpaired) electrons. The SMILES string of the molecule is O=C(Nc1ccccc1Br)C(=O)N1CCCCC1CCO. The van der Waals surface area contributed by atoms with Gasteiger partial charge in [-0.3, -0.25) is 9.59 Å². The number of rotatable bonds is 3. The van der Waals surface area contributed by atoms with Crippen molar-refractivity contribution in [1.29, 1.82) is 0 Å². The Hall–Kier alpha value is -1.40. The van der Waals surface area contributed by atoms with Crippen molar-refractivity contribution in [3.8, 4) is 0 Å². The molecule has 1 atom stereocenters. The van der Waals surface area contributed by atoms with Gasteiger partial charge in [0, 0.05) is 23.7 Å². The first-order valence-electron chi connectivity index (χ1n) is 7.11. The van der Waals surface area contributed by atoms with Crippen molar-refractivity contribution in [3.05, 3.63) is 28.7 Å². The van der Waals surface area contributed by atoms with E-state index in [0.29, 0.717) is 18.7 Å². The molecular weight excluding hydrogens is 336 g/mol. The van der Waals surface area contributed by atoms with Crippen LogP contribution >= 0.6 is 15.9 Å². The highest BCUT2D eigenvalue weighted by molar-refractivity contribution is 9.10. The van der Waals surface area contributed by atoms with Gasteiger partial charge in [-0.15, -0.1) is 0 Å². The quantitative estimate of drug-likeness (QED) is 0.817. The summed E-state index contributed by atoms with van der Waals surface area (Å²) < 4.78 is 0.733. The van der Waals surface area contributed by atoms with Crippen molar-refractivity contribution in [2.45, 2.75) is 31.7 Å². The lowest BCUT2D eigenvalue weighted by Gasteiger charge is -2.35. The first-order valence-corrected chi connectivity index (χ1v) is 7.90. The number of hydrogen-bond donors (Lipinski definition) is 2. The maximum Gasteiger partial charge on any atom is 0.313 e. The number of carbonyl (C=O) groups is 2. The molecule has 0 aromatic heterocycles. The van der Waals surface area contributed by atoms with E-state index in [-0.39, 0.29) is 12.6 Å². The maximum atomic E-state index is 12.3. The van der Waals surface area contributed by atoms with E-state index >= 15 is 0 Å². The minimum Gasteiger partial charge on any atom is -0.396 e. The molecule has 0 spiro atoms. The molecule has 1 aromatic carbocycles. The molecule has 1 saturated heterocycles. The molecule has 1 aliphatic rings. The lowest BCUT2D eigenvalue weighted by Crippen LogP contribution is -2.48. The Morgan fingerprint density at radius 2 is 2.10 bits per heavy atom. The van der Waals surface area contributed by atoms with Gasteiger partial charge in [0.05, 0.1) is 5.69 Å². The number of hydrogen-bond acceptors (Lipinski definition) is 3. The van der Waals surface area contributed by atoms with Crippen LogP contribution in [0.2, 0.25) is 0 Å². The predicted molar refractivity (Wildman–Crippen MR) is 83.8 cm³/mol. The Balaban J connectivity index is 2.04. The first kappa shape index (κ1) is 16.0. The lowest BCUT2D eigenvalue weighted by molar-refractivity contribution is -0.146. The summed E-state index contributed by atoms with van der Waals surface area (Å²) in [6.07, 6.45) is 3.29. The Morgan fingerprint density at radius 3 is 2.81 bits per heavy atom. The third kappa shape index (κ3) is 4.04. The zero-order valence-electron chi connectivity index (χ0n) is 11.7. The number of piperidine rings is 1. The van der Waals surface area contributed by atoms with Gasteiger partial charge in [0.15, 0.2) is 0 Å². The van der Waals surface area contributed by atoms with E-state index < -0.39 is 11.8 Å². The first-order chi connectivity index (χ1) is 10.1. The standard InChI is InChI=1S/C15H19BrN2O3/c16-12-6-1-2-7-13(12)17-14(20)15(21)18-9-4-3-5-11(18)8-10-19/h1-2,6-7,11,19H,3-5,8-10H2,(H,17,20). The van der Waals surface area contributed by atoms with Crippen molar-refractivity contribution in [3.63, 3.8) is 0 Å². The van der Waals surface area contributed by atoms with Crippen LogP contribution in [-0.2, 0) is 9.59 Å². The maximum absolute atomic E-state index is 12.3. The molecule has 1 aliphatic heterocycles. The fourth-order valence-corrected chi connectivity index (χ4v) is 2.97. The van der Waals surface area contributed by atoms with E-state index in [1.165, 1.54) is 0 Å². The molecule has 0 aliphatic carbocycles. The number of aliphatic hydroxyl groups is 1. The summed E-state index contributed by atoms with van der Waals surface area (Å²) >= 11 is 3.33. The second-order valence-corrected chi connectivity index (χ2v) is 5.95. The van der Waals surface area contributed by atoms with Gasteiger partial charge >= 0.3 is 11.8 Å². The molecule has 1 aromatic rings. The van der Waals surface area contributed by atoms with Crippen molar-refractivity contribution in [1.82, 2.24) is 4.90 Å². The third-order valence-electron chi connectivity index (χ3n) is 3.67. The van der Waals surface area contributed by atoms with Crippen LogP contribution in [0.15, 0.2) is 28.7 Å². The highest BCUT2D eigenvalue weighted by Gasteiger charge is 2.30. The minimum absolute atomic E-state index is 0.0281. The summed E-state index contributed by atoms with van der Waals surface area (Å²) in [6, 6.07) is 7.12. The number of halogens is 1. The number of para-hydroxylation sites is 1. The van der Waals surface area contributed by atoms with Crippen LogP contribution in [0.5, 0.6) is 0 Å². The van der Waals surface area contributed by atoms with Gasteiger partial charge in [-0.05, 0) is 53.7 Å². The number of likely N-dealkylation sites (tertiary alicyclic amines) is 1. The van der Waals surface area contributed by atoms with E-state index in [1.807, 2.05) is 6.07 Å². The number of nitrogens with zero attached hydrogens (tertiary/aromatic N) is 1.